The monoisotopic (exact) mass is 353 g/mol. The zero-order valence-electron chi connectivity index (χ0n) is 15.6. The molecule has 3 rings (SSSR count). The van der Waals surface area contributed by atoms with E-state index in [2.05, 4.69) is 10.6 Å². The van der Waals surface area contributed by atoms with Gasteiger partial charge in [-0.15, -0.1) is 0 Å². The number of carbonyl (C=O) groups is 1. The maximum atomic E-state index is 13.0. The molecule has 6 heteroatoms. The first kappa shape index (κ1) is 17.8. The molecule has 0 saturated heterocycles. The molecule has 2 N–H and O–H groups in total. The number of ether oxygens (including phenoxy) is 1. The van der Waals surface area contributed by atoms with Crippen LogP contribution in [0.1, 0.15) is 13.8 Å². The van der Waals surface area contributed by atoms with Crippen LogP contribution in [0.2, 0.25) is 0 Å². The number of benzene rings is 2. The molecule has 1 aromatic heterocycles. The van der Waals surface area contributed by atoms with Crippen LogP contribution < -0.4 is 20.8 Å². The maximum absolute atomic E-state index is 13.0. The van der Waals surface area contributed by atoms with E-state index in [0.717, 1.165) is 11.0 Å². The number of hydrogen-bond acceptors (Lipinski definition) is 4. The average Bonchev–Trinajstić information content (AvgIpc) is 2.64. The lowest BCUT2D eigenvalue weighted by atomic mass is 10.1. The summed E-state index contributed by atoms with van der Waals surface area (Å²) in [5, 5.41) is 6.94. The van der Waals surface area contributed by atoms with Crippen molar-refractivity contribution < 1.29 is 9.53 Å². The van der Waals surface area contributed by atoms with E-state index < -0.39 is 5.60 Å². The second kappa shape index (κ2) is 6.37. The summed E-state index contributed by atoms with van der Waals surface area (Å²) in [6.07, 6.45) is 0. The Labute approximate surface area is 151 Å². The SMILES string of the molecule is CNC(=O)C(C)(C)Oc1cc(NC)c2c(=O)c3ccccc3n(C)c2c1. The van der Waals surface area contributed by atoms with E-state index in [9.17, 15) is 9.59 Å². The Morgan fingerprint density at radius 1 is 1.12 bits per heavy atom. The first-order valence-corrected chi connectivity index (χ1v) is 8.44. The number of likely N-dealkylation sites (N-methyl/N-ethyl adjacent to an activating group) is 1. The largest absolute Gasteiger partial charge is 0.478 e. The number of rotatable bonds is 4. The van der Waals surface area contributed by atoms with Crippen LogP contribution in [0.15, 0.2) is 41.2 Å². The van der Waals surface area contributed by atoms with E-state index in [-0.39, 0.29) is 11.3 Å². The molecule has 1 heterocycles. The third-order valence-electron chi connectivity index (χ3n) is 4.61. The lowest BCUT2D eigenvalue weighted by Gasteiger charge is -2.25. The van der Waals surface area contributed by atoms with Crippen molar-refractivity contribution in [1.29, 1.82) is 0 Å². The van der Waals surface area contributed by atoms with Gasteiger partial charge in [-0.05, 0) is 26.0 Å². The lowest BCUT2D eigenvalue weighted by Crippen LogP contribution is -2.45. The van der Waals surface area contributed by atoms with Crippen molar-refractivity contribution in [3.05, 3.63) is 46.6 Å². The fraction of sp³-hybridized carbons (Fsp3) is 0.300. The molecular formula is C20H23N3O3. The van der Waals surface area contributed by atoms with Gasteiger partial charge in [0, 0.05) is 38.7 Å². The van der Waals surface area contributed by atoms with E-state index in [1.54, 1.807) is 40.1 Å². The van der Waals surface area contributed by atoms with Crippen LogP contribution in [0.5, 0.6) is 5.75 Å². The van der Waals surface area contributed by atoms with Crippen molar-refractivity contribution in [1.82, 2.24) is 9.88 Å². The van der Waals surface area contributed by atoms with Crippen LogP contribution in [0.4, 0.5) is 5.69 Å². The van der Waals surface area contributed by atoms with E-state index in [1.807, 2.05) is 35.9 Å². The van der Waals surface area contributed by atoms with Crippen molar-refractivity contribution in [2.75, 3.05) is 19.4 Å². The van der Waals surface area contributed by atoms with Crippen molar-refractivity contribution in [2.45, 2.75) is 19.4 Å². The quantitative estimate of drug-likeness (QED) is 0.707. The van der Waals surface area contributed by atoms with Crippen LogP contribution in [0, 0.1) is 0 Å². The Balaban J connectivity index is 2.30. The highest BCUT2D eigenvalue weighted by molar-refractivity contribution is 6.00. The molecule has 0 fully saturated rings. The van der Waals surface area contributed by atoms with Gasteiger partial charge in [-0.25, -0.2) is 0 Å². The minimum atomic E-state index is -1.04. The standard InChI is InChI=1S/C20H23N3O3/c1-20(2,19(25)22-4)26-12-10-14(21-3)17-16(11-12)23(5)15-9-7-6-8-13(15)18(17)24/h6-11,21H,1-5H3,(H,22,25). The molecule has 3 aromatic rings. The lowest BCUT2D eigenvalue weighted by molar-refractivity contribution is -0.133. The van der Waals surface area contributed by atoms with Crippen LogP contribution in [0.3, 0.4) is 0 Å². The van der Waals surface area contributed by atoms with Gasteiger partial charge in [-0.1, -0.05) is 12.1 Å². The van der Waals surface area contributed by atoms with Gasteiger partial charge in [0.15, 0.2) is 11.0 Å². The Bertz CT molecular complexity index is 1070. The number of aryl methyl sites for hydroxylation is 1. The first-order valence-electron chi connectivity index (χ1n) is 8.44. The van der Waals surface area contributed by atoms with Crippen molar-refractivity contribution in [2.24, 2.45) is 7.05 Å². The van der Waals surface area contributed by atoms with Gasteiger partial charge in [0.05, 0.1) is 22.1 Å². The minimum Gasteiger partial charge on any atom is -0.478 e. The second-order valence-corrected chi connectivity index (χ2v) is 6.71. The van der Waals surface area contributed by atoms with Crippen LogP contribution in [-0.2, 0) is 11.8 Å². The fourth-order valence-corrected chi connectivity index (χ4v) is 3.22. The highest BCUT2D eigenvalue weighted by Gasteiger charge is 2.29. The smallest absolute Gasteiger partial charge is 0.263 e. The molecule has 0 spiro atoms. The number of hydrogen-bond donors (Lipinski definition) is 2. The summed E-state index contributed by atoms with van der Waals surface area (Å²) < 4.78 is 7.91. The summed E-state index contributed by atoms with van der Waals surface area (Å²) in [6.45, 7) is 3.41. The Morgan fingerprint density at radius 2 is 1.81 bits per heavy atom. The summed E-state index contributed by atoms with van der Waals surface area (Å²) in [5.41, 5.74) is 1.17. The molecule has 0 aliphatic rings. The third-order valence-corrected chi connectivity index (χ3v) is 4.61. The summed E-state index contributed by atoms with van der Waals surface area (Å²) >= 11 is 0. The molecular weight excluding hydrogens is 330 g/mol. The molecule has 2 aromatic carbocycles. The summed E-state index contributed by atoms with van der Waals surface area (Å²) in [4.78, 5) is 25.1. The molecule has 136 valence electrons. The molecule has 26 heavy (non-hydrogen) atoms. The predicted molar refractivity (Wildman–Crippen MR) is 105 cm³/mol. The van der Waals surface area contributed by atoms with Gasteiger partial charge in [-0.2, -0.15) is 0 Å². The molecule has 6 nitrogen and oxygen atoms in total. The maximum Gasteiger partial charge on any atom is 0.263 e. The zero-order chi connectivity index (χ0) is 19.1. The number of pyridine rings is 1. The number of nitrogens with zero attached hydrogens (tertiary/aromatic N) is 1. The van der Waals surface area contributed by atoms with Crippen LogP contribution >= 0.6 is 0 Å². The molecule has 0 unspecified atom stereocenters. The fourth-order valence-electron chi connectivity index (χ4n) is 3.22. The third kappa shape index (κ3) is 2.77. The van der Waals surface area contributed by atoms with Crippen LogP contribution in [-0.4, -0.2) is 30.2 Å². The number of amides is 1. The Hall–Kier alpha value is -3.02. The van der Waals surface area contributed by atoms with Gasteiger partial charge in [0.1, 0.15) is 5.75 Å². The van der Waals surface area contributed by atoms with E-state index >= 15 is 0 Å². The molecule has 0 bridgehead atoms. The Morgan fingerprint density at radius 3 is 2.46 bits per heavy atom. The van der Waals surface area contributed by atoms with E-state index in [4.69, 9.17) is 4.74 Å². The number of para-hydroxylation sites is 1. The highest BCUT2D eigenvalue weighted by atomic mass is 16.5. The summed E-state index contributed by atoms with van der Waals surface area (Å²) in [5.74, 6) is 0.289. The Kier molecular flexibility index (Phi) is 4.36. The van der Waals surface area contributed by atoms with Gasteiger partial charge in [-0.3, -0.25) is 9.59 Å². The van der Waals surface area contributed by atoms with Crippen molar-refractivity contribution in [3.63, 3.8) is 0 Å². The summed E-state index contributed by atoms with van der Waals surface area (Å²) in [6, 6.07) is 11.1. The van der Waals surface area contributed by atoms with Gasteiger partial charge < -0.3 is 19.9 Å². The number of nitrogens with one attached hydrogen (secondary N) is 2. The average molecular weight is 353 g/mol. The van der Waals surface area contributed by atoms with Crippen molar-refractivity contribution in [3.8, 4) is 5.75 Å². The summed E-state index contributed by atoms with van der Waals surface area (Å²) in [7, 11) is 5.25. The predicted octanol–water partition coefficient (Wildman–Crippen LogP) is 2.64. The molecule has 0 atom stereocenters. The number of aromatic nitrogens is 1. The minimum absolute atomic E-state index is 0.0323. The van der Waals surface area contributed by atoms with Gasteiger partial charge in [0.25, 0.3) is 5.91 Å². The van der Waals surface area contributed by atoms with Crippen LogP contribution in [0.25, 0.3) is 21.8 Å². The second-order valence-electron chi connectivity index (χ2n) is 6.71. The first-order chi connectivity index (χ1) is 12.3. The molecule has 0 aliphatic carbocycles. The van der Waals surface area contributed by atoms with Gasteiger partial charge in [0.2, 0.25) is 0 Å². The topological polar surface area (TPSA) is 72.4 Å². The molecule has 0 aliphatic heterocycles. The highest BCUT2D eigenvalue weighted by Crippen LogP contribution is 2.31. The number of fused-ring (bicyclic) bond motifs is 2. The van der Waals surface area contributed by atoms with E-state index in [0.29, 0.717) is 22.2 Å². The number of carbonyl (C=O) groups excluding carboxylic acids is 1. The molecule has 0 radical (unpaired) electrons. The molecule has 0 saturated carbocycles. The van der Waals surface area contributed by atoms with E-state index in [1.165, 1.54) is 0 Å². The van der Waals surface area contributed by atoms with Crippen molar-refractivity contribution >= 4 is 33.4 Å². The number of anilines is 1. The normalized spacial score (nSPS) is 11.6. The molecule has 1 amide bonds. The zero-order valence-corrected chi connectivity index (χ0v) is 15.6. The van der Waals surface area contributed by atoms with Gasteiger partial charge >= 0.3 is 0 Å².